The fraction of sp³-hybridized carbons (Fsp3) is 0.360. The van der Waals surface area contributed by atoms with E-state index in [1.54, 1.807) is 39.2 Å². The minimum Gasteiger partial charge on any atom is -0.497 e. The fourth-order valence-electron chi connectivity index (χ4n) is 3.81. The fourth-order valence-corrected chi connectivity index (χ4v) is 3.81. The van der Waals surface area contributed by atoms with Gasteiger partial charge in [0.25, 0.3) is 5.91 Å². The number of urea groups is 1. The number of hydrogen-bond donors (Lipinski definition) is 1. The van der Waals surface area contributed by atoms with Crippen LogP contribution in [0, 0.1) is 0 Å². The molecule has 2 aromatic rings. The van der Waals surface area contributed by atoms with Gasteiger partial charge in [-0.05, 0) is 43.2 Å². The van der Waals surface area contributed by atoms with Crippen LogP contribution in [0.4, 0.5) is 4.79 Å². The molecule has 0 aromatic heterocycles. The Morgan fingerprint density at radius 1 is 1.03 bits per heavy atom. The van der Waals surface area contributed by atoms with E-state index >= 15 is 0 Å². The zero-order valence-electron chi connectivity index (χ0n) is 18.9. The van der Waals surface area contributed by atoms with Gasteiger partial charge in [0.05, 0.1) is 26.9 Å². The molecule has 3 amide bonds. The number of rotatable bonds is 8. The van der Waals surface area contributed by atoms with Crippen molar-refractivity contribution in [1.82, 2.24) is 10.2 Å². The second-order valence-electron chi connectivity index (χ2n) is 8.39. The molecule has 8 nitrogen and oxygen atoms in total. The minimum atomic E-state index is -0.836. The quantitative estimate of drug-likeness (QED) is 0.488. The number of ether oxygens (including phenoxy) is 4. The maximum absolute atomic E-state index is 12.9. The number of amides is 3. The molecule has 1 N–H and O–H groups in total. The maximum atomic E-state index is 12.9. The van der Waals surface area contributed by atoms with E-state index in [4.69, 9.17) is 18.9 Å². The molecule has 2 atom stereocenters. The van der Waals surface area contributed by atoms with Gasteiger partial charge >= 0.3 is 6.03 Å². The van der Waals surface area contributed by atoms with E-state index in [9.17, 15) is 9.59 Å². The lowest BCUT2D eigenvalue weighted by Crippen LogP contribution is -2.30. The van der Waals surface area contributed by atoms with Crippen LogP contribution in [0.2, 0.25) is 0 Å². The third kappa shape index (κ3) is 5.60. The van der Waals surface area contributed by atoms with Crippen molar-refractivity contribution < 1.29 is 28.5 Å². The van der Waals surface area contributed by atoms with Crippen molar-refractivity contribution in [2.24, 2.45) is 0 Å². The second-order valence-corrected chi connectivity index (χ2v) is 8.39. The monoisotopic (exact) mass is 452 g/mol. The average Bonchev–Trinajstić information content (AvgIpc) is 3.24. The number of carbonyl (C=O) groups is 2. The van der Waals surface area contributed by atoms with Crippen LogP contribution in [0.3, 0.4) is 0 Å². The van der Waals surface area contributed by atoms with Crippen LogP contribution >= 0.6 is 0 Å². The Bertz CT molecular complexity index is 1020. The first kappa shape index (κ1) is 23.0. The van der Waals surface area contributed by atoms with Gasteiger partial charge in [-0.1, -0.05) is 42.5 Å². The molecule has 0 aliphatic carbocycles. The van der Waals surface area contributed by atoms with Gasteiger partial charge in [0.15, 0.2) is 5.79 Å². The number of nitrogens with zero attached hydrogens (tertiary/aromatic N) is 1. The SMILES string of the molecule is COc1ccc(CN2C(=O)N/C(=C\[C@H]3OC(C)(C)O[C@@H]3COCc3ccccc3)C2=O)cc1. The lowest BCUT2D eigenvalue weighted by atomic mass is 10.1. The molecule has 0 unspecified atom stereocenters. The van der Waals surface area contributed by atoms with Crippen LogP contribution in [0.5, 0.6) is 5.75 Å². The zero-order valence-corrected chi connectivity index (χ0v) is 18.9. The normalized spacial score (nSPS) is 23.2. The second kappa shape index (κ2) is 9.74. The van der Waals surface area contributed by atoms with Crippen molar-refractivity contribution in [3.05, 3.63) is 77.5 Å². The van der Waals surface area contributed by atoms with Crippen molar-refractivity contribution in [1.29, 1.82) is 0 Å². The Morgan fingerprint density at radius 2 is 1.76 bits per heavy atom. The zero-order chi connectivity index (χ0) is 23.4. The summed E-state index contributed by atoms with van der Waals surface area (Å²) in [6.45, 7) is 4.49. The van der Waals surface area contributed by atoms with Crippen molar-refractivity contribution in [3.63, 3.8) is 0 Å². The molecular weight excluding hydrogens is 424 g/mol. The molecule has 4 rings (SSSR count). The topological polar surface area (TPSA) is 86.3 Å². The highest BCUT2D eigenvalue weighted by molar-refractivity contribution is 6.11. The third-order valence-corrected chi connectivity index (χ3v) is 5.41. The smallest absolute Gasteiger partial charge is 0.329 e. The lowest BCUT2D eigenvalue weighted by Gasteiger charge is -2.16. The molecule has 0 radical (unpaired) electrons. The Labute approximate surface area is 193 Å². The third-order valence-electron chi connectivity index (χ3n) is 5.41. The Morgan fingerprint density at radius 3 is 2.45 bits per heavy atom. The van der Waals surface area contributed by atoms with Crippen molar-refractivity contribution in [2.75, 3.05) is 13.7 Å². The predicted molar refractivity (Wildman–Crippen MR) is 120 cm³/mol. The van der Waals surface area contributed by atoms with Crippen molar-refractivity contribution in [2.45, 2.75) is 45.0 Å². The van der Waals surface area contributed by atoms with Gasteiger partial charge in [-0.2, -0.15) is 0 Å². The van der Waals surface area contributed by atoms with E-state index in [1.807, 2.05) is 42.5 Å². The van der Waals surface area contributed by atoms with Crippen LogP contribution in [0.15, 0.2) is 66.4 Å². The standard InChI is InChI=1S/C25H28N2O6/c1-25(2)32-21(22(33-25)16-31-15-18-7-5-4-6-8-18)13-20-23(28)27(24(29)26-20)14-17-9-11-19(30-3)12-10-17/h4-13,21-22H,14-16H2,1-3H3,(H,26,29)/b20-13-/t21-,22-/m1/s1. The number of nitrogens with one attached hydrogen (secondary N) is 1. The van der Waals surface area contributed by atoms with E-state index in [-0.39, 0.29) is 18.8 Å². The summed E-state index contributed by atoms with van der Waals surface area (Å²) in [5.41, 5.74) is 2.04. The molecule has 2 fully saturated rings. The number of methoxy groups -OCH3 is 1. The van der Waals surface area contributed by atoms with Gasteiger partial charge in [0.1, 0.15) is 23.7 Å². The van der Waals surface area contributed by atoms with Gasteiger partial charge in [0, 0.05) is 0 Å². The van der Waals surface area contributed by atoms with Crippen molar-refractivity contribution >= 4 is 11.9 Å². The molecular formula is C25H28N2O6. The molecule has 33 heavy (non-hydrogen) atoms. The van der Waals surface area contributed by atoms with Crippen LogP contribution in [-0.4, -0.2) is 48.5 Å². The highest BCUT2D eigenvalue weighted by Gasteiger charge is 2.42. The van der Waals surface area contributed by atoms with E-state index in [0.29, 0.717) is 12.4 Å². The molecule has 2 aliphatic heterocycles. The number of imide groups is 1. The van der Waals surface area contributed by atoms with E-state index in [0.717, 1.165) is 16.0 Å². The first-order valence-electron chi connectivity index (χ1n) is 10.8. The summed E-state index contributed by atoms with van der Waals surface area (Å²) in [5, 5.41) is 2.65. The molecule has 0 spiro atoms. The Hall–Kier alpha value is -3.20. The maximum Gasteiger partial charge on any atom is 0.329 e. The summed E-state index contributed by atoms with van der Waals surface area (Å²) in [5.74, 6) is -0.539. The number of carbonyl (C=O) groups excluding carboxylic acids is 2. The van der Waals surface area contributed by atoms with Crippen LogP contribution in [-0.2, 0) is 32.2 Å². The minimum absolute atomic E-state index is 0.156. The molecule has 0 saturated carbocycles. The van der Waals surface area contributed by atoms with Crippen LogP contribution < -0.4 is 10.1 Å². The van der Waals surface area contributed by atoms with Gasteiger partial charge in [0.2, 0.25) is 0 Å². The Balaban J connectivity index is 1.41. The number of benzene rings is 2. The van der Waals surface area contributed by atoms with Gasteiger partial charge in [-0.3, -0.25) is 9.69 Å². The highest BCUT2D eigenvalue weighted by Crippen LogP contribution is 2.30. The first-order chi connectivity index (χ1) is 15.8. The van der Waals surface area contributed by atoms with Crippen molar-refractivity contribution in [3.8, 4) is 5.75 Å². The Kier molecular flexibility index (Phi) is 6.78. The summed E-state index contributed by atoms with van der Waals surface area (Å²) in [4.78, 5) is 26.5. The highest BCUT2D eigenvalue weighted by atomic mass is 16.8. The van der Waals surface area contributed by atoms with Gasteiger partial charge in [-0.15, -0.1) is 0 Å². The summed E-state index contributed by atoms with van der Waals surface area (Å²) in [6.07, 6.45) is 0.645. The van der Waals surface area contributed by atoms with Gasteiger partial charge in [-0.25, -0.2) is 4.79 Å². The van der Waals surface area contributed by atoms with E-state index < -0.39 is 29.9 Å². The predicted octanol–water partition coefficient (Wildman–Crippen LogP) is 3.37. The van der Waals surface area contributed by atoms with Gasteiger partial charge < -0.3 is 24.3 Å². The molecule has 174 valence electrons. The molecule has 2 aromatic carbocycles. The first-order valence-corrected chi connectivity index (χ1v) is 10.8. The van der Waals surface area contributed by atoms with Crippen LogP contribution in [0.1, 0.15) is 25.0 Å². The van der Waals surface area contributed by atoms with E-state index in [2.05, 4.69) is 5.32 Å². The average molecular weight is 453 g/mol. The summed E-state index contributed by atoms with van der Waals surface area (Å²) < 4.78 is 22.9. The molecule has 2 saturated heterocycles. The molecule has 8 heteroatoms. The molecule has 2 heterocycles. The summed E-state index contributed by atoms with van der Waals surface area (Å²) in [6, 6.07) is 16.6. The summed E-state index contributed by atoms with van der Waals surface area (Å²) >= 11 is 0. The van der Waals surface area contributed by atoms with Crippen LogP contribution in [0.25, 0.3) is 0 Å². The number of hydrogen-bond acceptors (Lipinski definition) is 6. The molecule has 2 aliphatic rings. The molecule has 0 bridgehead atoms. The largest absolute Gasteiger partial charge is 0.497 e. The van der Waals surface area contributed by atoms with E-state index in [1.165, 1.54) is 0 Å². The summed E-state index contributed by atoms with van der Waals surface area (Å²) in [7, 11) is 1.58. The lowest BCUT2D eigenvalue weighted by molar-refractivity contribution is -0.149.